The van der Waals surface area contributed by atoms with E-state index in [4.69, 9.17) is 4.42 Å². The molecule has 0 aliphatic heterocycles. The molecule has 0 unspecified atom stereocenters. The van der Waals surface area contributed by atoms with Gasteiger partial charge in [-0.25, -0.2) is 4.98 Å². The van der Waals surface area contributed by atoms with Gasteiger partial charge >= 0.3 is 0 Å². The molecule has 0 aliphatic rings. The zero-order chi connectivity index (χ0) is 17.6. The highest BCUT2D eigenvalue weighted by molar-refractivity contribution is 6.03. The van der Waals surface area contributed by atoms with Gasteiger partial charge in [0.25, 0.3) is 11.8 Å². The molecule has 2 amide bonds. The number of benzene rings is 1. The number of nitrogens with one attached hydrogen (secondary N) is 2. The highest BCUT2D eigenvalue weighted by atomic mass is 16.3. The zero-order valence-electron chi connectivity index (χ0n) is 13.7. The van der Waals surface area contributed by atoms with E-state index in [0.717, 1.165) is 0 Å². The fourth-order valence-corrected chi connectivity index (χ4v) is 2.40. The van der Waals surface area contributed by atoms with Crippen molar-refractivity contribution in [3.63, 3.8) is 0 Å². The minimum atomic E-state index is -0.365. The zero-order valence-corrected chi connectivity index (χ0v) is 13.7. The number of imidazole rings is 1. The van der Waals surface area contributed by atoms with E-state index >= 15 is 0 Å². The number of furan rings is 1. The van der Waals surface area contributed by atoms with Crippen molar-refractivity contribution in [2.24, 2.45) is 0 Å². The van der Waals surface area contributed by atoms with Crippen LogP contribution in [0, 0.1) is 0 Å². The molecule has 0 spiro atoms. The van der Waals surface area contributed by atoms with E-state index in [0.29, 0.717) is 17.8 Å². The van der Waals surface area contributed by atoms with Crippen LogP contribution < -0.4 is 10.6 Å². The van der Waals surface area contributed by atoms with Crippen molar-refractivity contribution in [1.29, 1.82) is 0 Å². The lowest BCUT2D eigenvalue weighted by atomic mass is 10.1. The van der Waals surface area contributed by atoms with Crippen molar-refractivity contribution in [1.82, 2.24) is 14.9 Å². The molecule has 0 fully saturated rings. The average molecular weight is 338 g/mol. The molecule has 2 heterocycles. The third-order valence-electron chi connectivity index (χ3n) is 3.55. The largest absolute Gasteiger partial charge is 0.459 e. The number of hydrogen-bond acceptors (Lipinski definition) is 4. The van der Waals surface area contributed by atoms with Crippen LogP contribution in [0.1, 0.15) is 27.8 Å². The Bertz CT molecular complexity index is 841. The molecular weight excluding hydrogens is 320 g/mol. The Labute approximate surface area is 144 Å². The van der Waals surface area contributed by atoms with E-state index in [1.165, 1.54) is 6.26 Å². The van der Waals surface area contributed by atoms with Crippen molar-refractivity contribution in [2.45, 2.75) is 19.5 Å². The molecule has 128 valence electrons. The number of nitrogens with zero attached hydrogens (tertiary/aromatic N) is 2. The van der Waals surface area contributed by atoms with Gasteiger partial charge in [0.05, 0.1) is 12.6 Å². The van der Waals surface area contributed by atoms with Crippen LogP contribution in [-0.2, 0) is 6.54 Å². The summed E-state index contributed by atoms with van der Waals surface area (Å²) >= 11 is 0. The second kappa shape index (κ2) is 7.48. The summed E-state index contributed by atoms with van der Waals surface area (Å²) in [4.78, 5) is 28.4. The Kier molecular flexibility index (Phi) is 4.94. The van der Waals surface area contributed by atoms with Gasteiger partial charge in [0.1, 0.15) is 0 Å². The molecule has 2 N–H and O–H groups in total. The molecule has 3 rings (SSSR count). The molecule has 2 aromatic heterocycles. The topological polar surface area (TPSA) is 89.2 Å². The second-order valence-corrected chi connectivity index (χ2v) is 5.65. The fraction of sp³-hybridized carbons (Fsp3) is 0.167. The van der Waals surface area contributed by atoms with Crippen LogP contribution in [0.4, 0.5) is 5.69 Å². The van der Waals surface area contributed by atoms with Gasteiger partial charge in [-0.2, -0.15) is 0 Å². The summed E-state index contributed by atoms with van der Waals surface area (Å²) < 4.78 is 6.94. The Hall–Kier alpha value is -3.35. The SMILES string of the molecule is C[C@H](Cn1ccnc1)NC(=O)c1cccc(NC(=O)c2ccco2)c1. The number of amides is 2. The summed E-state index contributed by atoms with van der Waals surface area (Å²) in [5.74, 6) is -0.360. The molecule has 7 heteroatoms. The van der Waals surface area contributed by atoms with Crippen LogP contribution in [-0.4, -0.2) is 27.4 Å². The van der Waals surface area contributed by atoms with Gasteiger partial charge in [-0.1, -0.05) is 6.07 Å². The highest BCUT2D eigenvalue weighted by Gasteiger charge is 2.13. The Balaban J connectivity index is 1.62. The minimum absolute atomic E-state index is 0.0666. The van der Waals surface area contributed by atoms with Crippen molar-refractivity contribution in [2.75, 3.05) is 5.32 Å². The number of anilines is 1. The van der Waals surface area contributed by atoms with Crippen LogP contribution >= 0.6 is 0 Å². The summed E-state index contributed by atoms with van der Waals surface area (Å²) in [6.07, 6.45) is 6.67. The van der Waals surface area contributed by atoms with Crippen molar-refractivity contribution >= 4 is 17.5 Å². The number of carbonyl (C=O) groups is 2. The molecular formula is C18H18N4O3. The maximum atomic E-state index is 12.4. The van der Waals surface area contributed by atoms with Crippen LogP contribution in [0.2, 0.25) is 0 Å². The average Bonchev–Trinajstić information content (AvgIpc) is 3.28. The smallest absolute Gasteiger partial charge is 0.291 e. The van der Waals surface area contributed by atoms with Gasteiger partial charge in [0, 0.05) is 36.2 Å². The molecule has 25 heavy (non-hydrogen) atoms. The summed E-state index contributed by atoms with van der Waals surface area (Å²) in [6.45, 7) is 2.54. The molecule has 0 saturated carbocycles. The molecule has 0 aliphatic carbocycles. The van der Waals surface area contributed by atoms with Crippen LogP contribution in [0.3, 0.4) is 0 Å². The first-order valence-electron chi connectivity index (χ1n) is 7.83. The van der Waals surface area contributed by atoms with Crippen LogP contribution in [0.15, 0.2) is 65.8 Å². The van der Waals surface area contributed by atoms with Crippen LogP contribution in [0.5, 0.6) is 0 Å². The molecule has 3 aromatic rings. The maximum Gasteiger partial charge on any atom is 0.291 e. The first kappa shape index (κ1) is 16.5. The second-order valence-electron chi connectivity index (χ2n) is 5.65. The van der Waals surface area contributed by atoms with Crippen LogP contribution in [0.25, 0.3) is 0 Å². The third-order valence-corrected chi connectivity index (χ3v) is 3.55. The van der Waals surface area contributed by atoms with E-state index in [2.05, 4.69) is 15.6 Å². The monoisotopic (exact) mass is 338 g/mol. The Morgan fingerprint density at radius 3 is 2.84 bits per heavy atom. The van der Waals surface area contributed by atoms with Gasteiger partial charge < -0.3 is 19.6 Å². The summed E-state index contributed by atoms with van der Waals surface area (Å²) in [5, 5.41) is 5.63. The number of aromatic nitrogens is 2. The number of carbonyl (C=O) groups excluding carboxylic acids is 2. The predicted octanol–water partition coefficient (Wildman–Crippen LogP) is 2.55. The Morgan fingerprint density at radius 2 is 2.12 bits per heavy atom. The van der Waals surface area contributed by atoms with Gasteiger partial charge in [-0.05, 0) is 37.3 Å². The van der Waals surface area contributed by atoms with Gasteiger partial charge in [-0.3, -0.25) is 9.59 Å². The third kappa shape index (κ3) is 4.35. The first-order chi connectivity index (χ1) is 12.1. The van der Waals surface area contributed by atoms with Gasteiger partial charge in [0.15, 0.2) is 5.76 Å². The summed E-state index contributed by atoms with van der Waals surface area (Å²) in [5.41, 5.74) is 0.992. The molecule has 7 nitrogen and oxygen atoms in total. The lowest BCUT2D eigenvalue weighted by Gasteiger charge is -2.15. The van der Waals surface area contributed by atoms with E-state index < -0.39 is 0 Å². The lowest BCUT2D eigenvalue weighted by Crippen LogP contribution is -2.35. The summed E-state index contributed by atoms with van der Waals surface area (Å²) in [6, 6.07) is 9.90. The maximum absolute atomic E-state index is 12.4. The lowest BCUT2D eigenvalue weighted by molar-refractivity contribution is 0.0935. The van der Waals surface area contributed by atoms with E-state index in [9.17, 15) is 9.59 Å². The molecule has 1 atom stereocenters. The van der Waals surface area contributed by atoms with Crippen molar-refractivity contribution in [3.05, 3.63) is 72.7 Å². The fourth-order valence-electron chi connectivity index (χ4n) is 2.40. The highest BCUT2D eigenvalue weighted by Crippen LogP contribution is 2.13. The number of hydrogen-bond donors (Lipinski definition) is 2. The molecule has 0 radical (unpaired) electrons. The Morgan fingerprint density at radius 1 is 1.24 bits per heavy atom. The molecule has 0 saturated heterocycles. The normalized spacial score (nSPS) is 11.7. The van der Waals surface area contributed by atoms with Gasteiger partial charge in [-0.15, -0.1) is 0 Å². The van der Waals surface area contributed by atoms with E-state index in [-0.39, 0.29) is 23.6 Å². The van der Waals surface area contributed by atoms with E-state index in [1.807, 2.05) is 17.7 Å². The summed E-state index contributed by atoms with van der Waals surface area (Å²) in [7, 11) is 0. The molecule has 0 bridgehead atoms. The first-order valence-corrected chi connectivity index (χ1v) is 7.83. The van der Waals surface area contributed by atoms with Crippen molar-refractivity contribution < 1.29 is 14.0 Å². The van der Waals surface area contributed by atoms with E-state index in [1.54, 1.807) is 48.9 Å². The van der Waals surface area contributed by atoms with Crippen molar-refractivity contribution in [3.8, 4) is 0 Å². The predicted molar refractivity (Wildman–Crippen MR) is 92.3 cm³/mol. The van der Waals surface area contributed by atoms with Gasteiger partial charge in [0.2, 0.25) is 0 Å². The minimum Gasteiger partial charge on any atom is -0.459 e. The molecule has 1 aromatic carbocycles. The quantitative estimate of drug-likeness (QED) is 0.723. The standard InChI is InChI=1S/C18H18N4O3/c1-13(11-22-8-7-19-12-22)20-17(23)14-4-2-5-15(10-14)21-18(24)16-6-3-9-25-16/h2-10,12-13H,11H2,1H3,(H,20,23)(H,21,24)/t13-/m1/s1. The number of rotatable bonds is 6.